The van der Waals surface area contributed by atoms with E-state index in [0.29, 0.717) is 18.4 Å². The number of hydrogen-bond donors (Lipinski definition) is 0. The summed E-state index contributed by atoms with van der Waals surface area (Å²) in [6.45, 7) is 11.4. The third kappa shape index (κ3) is 2.62. The van der Waals surface area contributed by atoms with Gasteiger partial charge in [-0.1, -0.05) is 39.7 Å². The molecule has 2 fully saturated rings. The molecule has 5 heteroatoms. The van der Waals surface area contributed by atoms with E-state index < -0.39 is 0 Å². The number of aromatic nitrogens is 2. The Hall–Kier alpha value is -1.88. The molecule has 3 atom stereocenters. The minimum absolute atomic E-state index is 0.403. The van der Waals surface area contributed by atoms with Crippen LogP contribution in [-0.2, 0) is 0 Å². The van der Waals surface area contributed by atoms with Gasteiger partial charge in [0.25, 0.3) is 5.82 Å². The molecule has 5 rings (SSSR count). The summed E-state index contributed by atoms with van der Waals surface area (Å²) in [5.41, 5.74) is 2.89. The fourth-order valence-electron chi connectivity index (χ4n) is 5.87. The molecule has 4 heterocycles. The van der Waals surface area contributed by atoms with E-state index in [1.807, 2.05) is 18.5 Å². The SMILES string of the molecule is CCCCCN1CCN2B1C1C([n+]3cc(-c4cccnc4)ccc32)C1(C)CC. The summed E-state index contributed by atoms with van der Waals surface area (Å²) in [5.74, 6) is 2.15. The van der Waals surface area contributed by atoms with Crippen molar-refractivity contribution in [1.29, 1.82) is 0 Å². The molecule has 0 amide bonds. The zero-order chi connectivity index (χ0) is 19.3. The molecule has 1 saturated carbocycles. The van der Waals surface area contributed by atoms with Gasteiger partial charge >= 0.3 is 6.98 Å². The number of pyridine rings is 2. The predicted octanol–water partition coefficient (Wildman–Crippen LogP) is 4.19. The minimum atomic E-state index is 0.403. The summed E-state index contributed by atoms with van der Waals surface area (Å²) in [5, 5.41) is 0. The van der Waals surface area contributed by atoms with Gasteiger partial charge in [-0.05, 0) is 31.5 Å². The second kappa shape index (κ2) is 6.87. The van der Waals surface area contributed by atoms with Crippen LogP contribution < -0.4 is 9.38 Å². The van der Waals surface area contributed by atoms with Crippen molar-refractivity contribution in [1.82, 2.24) is 9.79 Å². The highest BCUT2D eigenvalue weighted by Gasteiger charge is 2.77. The Labute approximate surface area is 169 Å². The monoisotopic (exact) mass is 375 g/mol. The molecule has 1 saturated heterocycles. The molecule has 28 heavy (non-hydrogen) atoms. The van der Waals surface area contributed by atoms with E-state index >= 15 is 0 Å². The van der Waals surface area contributed by atoms with Crippen molar-refractivity contribution in [2.45, 2.75) is 58.3 Å². The minimum Gasteiger partial charge on any atom is -0.308 e. The number of hydrogen-bond acceptors (Lipinski definition) is 3. The fourth-order valence-corrected chi connectivity index (χ4v) is 5.87. The van der Waals surface area contributed by atoms with Crippen LogP contribution in [0.15, 0.2) is 42.9 Å². The number of fused-ring (bicyclic) bond motifs is 6. The first-order valence-electron chi connectivity index (χ1n) is 11.2. The Balaban J connectivity index is 1.51. The van der Waals surface area contributed by atoms with Gasteiger partial charge in [0.05, 0.1) is 18.6 Å². The average Bonchev–Trinajstić information content (AvgIpc) is 3.14. The number of unbranched alkanes of at least 4 members (excludes halogenated alkanes) is 2. The van der Waals surface area contributed by atoms with Crippen LogP contribution in [0, 0.1) is 5.41 Å². The molecular formula is C23H32BN4+. The van der Waals surface area contributed by atoms with Crippen LogP contribution in [0.2, 0.25) is 5.82 Å². The third-order valence-corrected chi connectivity index (χ3v) is 7.67. The van der Waals surface area contributed by atoms with E-state index in [0.717, 1.165) is 12.4 Å². The highest BCUT2D eigenvalue weighted by atomic mass is 15.4. The van der Waals surface area contributed by atoms with Gasteiger partial charge in [-0.25, -0.2) is 4.57 Å². The van der Waals surface area contributed by atoms with Crippen LogP contribution in [0.4, 0.5) is 5.82 Å². The maximum Gasteiger partial charge on any atom is 0.472 e. The van der Waals surface area contributed by atoms with Crippen molar-refractivity contribution in [3.8, 4) is 11.1 Å². The van der Waals surface area contributed by atoms with Gasteiger partial charge in [0.15, 0.2) is 0 Å². The molecule has 3 aliphatic rings. The first kappa shape index (κ1) is 18.2. The van der Waals surface area contributed by atoms with Crippen molar-refractivity contribution < 1.29 is 4.57 Å². The van der Waals surface area contributed by atoms with E-state index in [4.69, 9.17) is 0 Å². The molecule has 0 radical (unpaired) electrons. The smallest absolute Gasteiger partial charge is 0.308 e. The lowest BCUT2D eigenvalue weighted by Gasteiger charge is -2.27. The van der Waals surface area contributed by atoms with Gasteiger partial charge in [0, 0.05) is 41.5 Å². The Morgan fingerprint density at radius 2 is 2.07 bits per heavy atom. The highest BCUT2D eigenvalue weighted by molar-refractivity contribution is 6.64. The maximum absolute atomic E-state index is 4.32. The number of anilines is 1. The van der Waals surface area contributed by atoms with Crippen LogP contribution in [0.5, 0.6) is 0 Å². The van der Waals surface area contributed by atoms with Crippen LogP contribution in [0.3, 0.4) is 0 Å². The second-order valence-corrected chi connectivity index (χ2v) is 9.11. The molecule has 4 nitrogen and oxygen atoms in total. The van der Waals surface area contributed by atoms with Gasteiger partial charge in [0.1, 0.15) is 6.04 Å². The molecule has 0 aromatic carbocycles. The lowest BCUT2D eigenvalue weighted by atomic mass is 9.63. The molecule has 2 aliphatic heterocycles. The van der Waals surface area contributed by atoms with Gasteiger partial charge in [-0.2, -0.15) is 0 Å². The Morgan fingerprint density at radius 3 is 2.82 bits per heavy atom. The van der Waals surface area contributed by atoms with Crippen molar-refractivity contribution in [2.24, 2.45) is 5.41 Å². The molecule has 1 aliphatic carbocycles. The third-order valence-electron chi connectivity index (χ3n) is 7.67. The Morgan fingerprint density at radius 1 is 1.18 bits per heavy atom. The molecule has 3 unspecified atom stereocenters. The fraction of sp³-hybridized carbons (Fsp3) is 0.565. The maximum atomic E-state index is 4.32. The molecule has 2 aromatic rings. The van der Waals surface area contributed by atoms with Crippen molar-refractivity contribution in [2.75, 3.05) is 24.4 Å². The van der Waals surface area contributed by atoms with Gasteiger partial charge in [0.2, 0.25) is 0 Å². The normalized spacial score (nSPS) is 28.1. The Kier molecular flexibility index (Phi) is 4.46. The average molecular weight is 375 g/mol. The van der Waals surface area contributed by atoms with E-state index in [2.05, 4.69) is 64.3 Å². The zero-order valence-corrected chi connectivity index (χ0v) is 17.5. The van der Waals surface area contributed by atoms with E-state index in [-0.39, 0.29) is 0 Å². The Bertz CT molecular complexity index is 857. The molecule has 146 valence electrons. The topological polar surface area (TPSA) is 23.2 Å². The van der Waals surface area contributed by atoms with E-state index in [1.165, 1.54) is 55.7 Å². The summed E-state index contributed by atoms with van der Waals surface area (Å²) in [4.78, 5) is 9.80. The summed E-state index contributed by atoms with van der Waals surface area (Å²) >= 11 is 0. The summed E-state index contributed by atoms with van der Waals surface area (Å²) in [7, 11) is 0. The van der Waals surface area contributed by atoms with Crippen LogP contribution in [0.25, 0.3) is 11.1 Å². The second-order valence-electron chi connectivity index (χ2n) is 9.11. The largest absolute Gasteiger partial charge is 0.472 e. The van der Waals surface area contributed by atoms with Gasteiger partial charge in [-0.3, -0.25) is 9.79 Å². The van der Waals surface area contributed by atoms with E-state index in [1.54, 1.807) is 0 Å². The first-order valence-corrected chi connectivity index (χ1v) is 11.2. The van der Waals surface area contributed by atoms with Gasteiger partial charge in [-0.15, -0.1) is 0 Å². The highest BCUT2D eigenvalue weighted by Crippen LogP contribution is 2.70. The summed E-state index contributed by atoms with van der Waals surface area (Å²) in [6, 6.07) is 9.45. The van der Waals surface area contributed by atoms with Crippen LogP contribution in [0.1, 0.15) is 52.5 Å². The first-order chi connectivity index (χ1) is 13.7. The molecule has 0 N–H and O–H groups in total. The number of nitrogens with zero attached hydrogens (tertiary/aromatic N) is 4. The van der Waals surface area contributed by atoms with E-state index in [9.17, 15) is 0 Å². The predicted molar refractivity (Wildman–Crippen MR) is 115 cm³/mol. The number of rotatable bonds is 6. The molecule has 2 aromatic heterocycles. The van der Waals surface area contributed by atoms with Crippen molar-refractivity contribution in [3.63, 3.8) is 0 Å². The molecular weight excluding hydrogens is 343 g/mol. The molecule has 0 spiro atoms. The van der Waals surface area contributed by atoms with Crippen LogP contribution >= 0.6 is 0 Å². The lowest BCUT2D eigenvalue weighted by molar-refractivity contribution is -0.694. The lowest BCUT2D eigenvalue weighted by Crippen LogP contribution is -2.55. The quantitative estimate of drug-likeness (QED) is 0.430. The zero-order valence-electron chi connectivity index (χ0n) is 17.5. The van der Waals surface area contributed by atoms with Crippen LogP contribution in [-0.4, -0.2) is 36.4 Å². The van der Waals surface area contributed by atoms with Gasteiger partial charge < -0.3 is 4.81 Å². The molecule has 0 bridgehead atoms. The summed E-state index contributed by atoms with van der Waals surface area (Å²) < 4.78 is 2.60. The summed E-state index contributed by atoms with van der Waals surface area (Å²) in [6.07, 6.45) is 11.4. The standard InChI is InChI=1S/C23H32BN4/c1-4-6-7-13-26-14-15-28-20-11-10-19(18-9-8-12-25-16-18)17-27(20)22-21(24(26)28)23(22,3)5-2/h8-12,16-17,21-22H,4-7,13-15H2,1-3H3/q+1. The van der Waals surface area contributed by atoms with Crippen molar-refractivity contribution in [3.05, 3.63) is 42.9 Å². The van der Waals surface area contributed by atoms with Crippen molar-refractivity contribution >= 4 is 12.8 Å².